The number of allylic oxidation sites excluding steroid dienone is 2. The Morgan fingerprint density at radius 1 is 1.17 bits per heavy atom. The number of nitrogens with zero attached hydrogens (tertiary/aromatic N) is 1. The molecule has 5 heteroatoms. The Morgan fingerprint density at radius 2 is 1.96 bits per heavy atom. The van der Waals surface area contributed by atoms with E-state index < -0.39 is 0 Å². The van der Waals surface area contributed by atoms with Crippen molar-refractivity contribution in [3.05, 3.63) is 51.9 Å². The molecule has 3 N–H and O–H groups in total. The zero-order valence-electron chi connectivity index (χ0n) is 12.7. The minimum Gasteiger partial charge on any atom is -0.317 e. The minimum atomic E-state index is 0.0543. The van der Waals surface area contributed by atoms with Crippen molar-refractivity contribution in [1.29, 1.82) is 0 Å². The number of anilines is 2. The number of thiazole rings is 1. The van der Waals surface area contributed by atoms with Gasteiger partial charge in [-0.05, 0) is 24.5 Å². The number of nitrogen functional groups attached to an aromatic ring is 1. The topological polar surface area (TPSA) is 60.5 Å². The van der Waals surface area contributed by atoms with Gasteiger partial charge >= 0.3 is 0 Å². The fourth-order valence-electron chi connectivity index (χ4n) is 3.05. The van der Waals surface area contributed by atoms with Crippen LogP contribution in [-0.4, -0.2) is 18.9 Å². The lowest BCUT2D eigenvalue weighted by atomic mass is 9.92. The average molecular weight is 324 g/mol. The zero-order valence-corrected chi connectivity index (χ0v) is 13.5. The first-order chi connectivity index (χ1) is 11.2. The summed E-state index contributed by atoms with van der Waals surface area (Å²) in [7, 11) is 0. The Kier molecular flexibility index (Phi) is 3.50. The molecular weight excluding hydrogens is 306 g/mol. The Balaban J connectivity index is 1.67. The van der Waals surface area contributed by atoms with Gasteiger partial charge in [0.05, 0.1) is 13.1 Å². The molecule has 23 heavy (non-hydrogen) atoms. The van der Waals surface area contributed by atoms with Gasteiger partial charge in [0.2, 0.25) is 5.82 Å². The van der Waals surface area contributed by atoms with Gasteiger partial charge in [0.25, 0.3) is 5.13 Å². The van der Waals surface area contributed by atoms with Crippen molar-refractivity contribution in [3.63, 3.8) is 0 Å². The Hall–Kier alpha value is -2.40. The number of Topliss-reactive ketones (excluding diaryl/α,β-unsaturated/α-hetero) is 1. The van der Waals surface area contributed by atoms with Gasteiger partial charge in [0.1, 0.15) is 4.88 Å². The summed E-state index contributed by atoms with van der Waals surface area (Å²) in [5, 5.41) is 1.08. The van der Waals surface area contributed by atoms with Crippen molar-refractivity contribution in [1.82, 2.24) is 0 Å². The number of carbonyl (C=O) groups is 1. The van der Waals surface area contributed by atoms with E-state index in [0.717, 1.165) is 34.2 Å². The molecule has 0 bridgehead atoms. The number of aromatic nitrogens is 1. The van der Waals surface area contributed by atoms with Crippen LogP contribution in [0.4, 0.5) is 10.9 Å². The molecule has 0 spiro atoms. The first-order valence-corrected chi connectivity index (χ1v) is 8.64. The van der Waals surface area contributed by atoms with Crippen molar-refractivity contribution in [2.75, 3.05) is 23.7 Å². The second-order valence-corrected chi connectivity index (χ2v) is 6.88. The molecule has 2 heterocycles. The number of nitrogens with two attached hydrogens (primary N) is 1. The lowest BCUT2D eigenvalue weighted by Gasteiger charge is -2.10. The van der Waals surface area contributed by atoms with Gasteiger partial charge in [-0.15, -0.1) is 0 Å². The highest BCUT2D eigenvalue weighted by molar-refractivity contribution is 7.16. The predicted molar refractivity (Wildman–Crippen MR) is 94.5 cm³/mol. The van der Waals surface area contributed by atoms with Crippen LogP contribution in [0, 0.1) is 0 Å². The van der Waals surface area contributed by atoms with E-state index >= 15 is 0 Å². The maximum atomic E-state index is 12.6. The quantitative estimate of drug-likeness (QED) is 0.864. The molecule has 0 saturated carbocycles. The van der Waals surface area contributed by atoms with Crippen LogP contribution >= 0.6 is 11.3 Å². The summed E-state index contributed by atoms with van der Waals surface area (Å²) < 4.78 is 0. The standard InChI is InChI=1S/C18H17N3OS/c19-17-15(23-18(20-17)21-9-3-4-10-21)11-13-8-7-12-5-1-2-6-14(12)16(13)22/h1-2,5-8,11H,3-4,9-10,19H2/p+1. The fourth-order valence-corrected chi connectivity index (χ4v) is 4.08. The Morgan fingerprint density at radius 3 is 2.78 bits per heavy atom. The number of H-pyrrole nitrogens is 1. The molecular formula is C18H18N3OS+. The first-order valence-electron chi connectivity index (χ1n) is 7.82. The SMILES string of the molecule is Nc1[nH+]c(N2CCCC2)sc1C=C1C=Cc2ccccc2C1=O. The lowest BCUT2D eigenvalue weighted by Crippen LogP contribution is -2.23. The molecule has 0 amide bonds. The van der Waals surface area contributed by atoms with Crippen molar-refractivity contribution in [3.8, 4) is 0 Å². The second kappa shape index (κ2) is 5.66. The first kappa shape index (κ1) is 14.2. The Bertz CT molecular complexity index is 829. The third kappa shape index (κ3) is 2.57. The predicted octanol–water partition coefficient (Wildman–Crippen LogP) is 3.04. The van der Waals surface area contributed by atoms with E-state index in [1.165, 1.54) is 12.8 Å². The maximum absolute atomic E-state index is 12.6. The summed E-state index contributed by atoms with van der Waals surface area (Å²) in [5.41, 5.74) is 8.51. The second-order valence-electron chi connectivity index (χ2n) is 5.85. The third-order valence-corrected chi connectivity index (χ3v) is 5.41. The van der Waals surface area contributed by atoms with Gasteiger partial charge in [0, 0.05) is 11.1 Å². The maximum Gasteiger partial charge on any atom is 0.280 e. The molecule has 0 radical (unpaired) electrons. The number of nitrogens with one attached hydrogen (secondary N) is 1. The minimum absolute atomic E-state index is 0.0543. The van der Waals surface area contributed by atoms with E-state index in [1.54, 1.807) is 11.3 Å². The lowest BCUT2D eigenvalue weighted by molar-refractivity contribution is -0.339. The molecule has 1 saturated heterocycles. The van der Waals surface area contributed by atoms with Crippen LogP contribution in [0.5, 0.6) is 0 Å². The number of rotatable bonds is 2. The molecule has 1 aliphatic heterocycles. The highest BCUT2D eigenvalue weighted by Crippen LogP contribution is 2.30. The summed E-state index contributed by atoms with van der Waals surface area (Å²) in [5.74, 6) is 0.683. The molecule has 2 aromatic rings. The molecule has 0 atom stereocenters. The number of ketones is 1. The van der Waals surface area contributed by atoms with Crippen molar-refractivity contribution < 1.29 is 9.78 Å². The van der Waals surface area contributed by atoms with Crippen LogP contribution in [-0.2, 0) is 0 Å². The molecule has 2 aliphatic rings. The average Bonchev–Trinajstić information content (AvgIpc) is 3.21. The number of aromatic amines is 1. The molecule has 1 aliphatic carbocycles. The molecule has 1 fully saturated rings. The highest BCUT2D eigenvalue weighted by Gasteiger charge is 2.23. The zero-order chi connectivity index (χ0) is 15.8. The third-order valence-electron chi connectivity index (χ3n) is 4.30. The van der Waals surface area contributed by atoms with Gasteiger partial charge in [0.15, 0.2) is 5.78 Å². The largest absolute Gasteiger partial charge is 0.317 e. The van der Waals surface area contributed by atoms with E-state index in [-0.39, 0.29) is 5.78 Å². The van der Waals surface area contributed by atoms with Crippen LogP contribution in [0.15, 0.2) is 35.9 Å². The van der Waals surface area contributed by atoms with E-state index in [4.69, 9.17) is 5.73 Å². The van der Waals surface area contributed by atoms with Crippen LogP contribution in [0.3, 0.4) is 0 Å². The summed E-state index contributed by atoms with van der Waals surface area (Å²) in [6.07, 6.45) is 8.20. The van der Waals surface area contributed by atoms with Gasteiger partial charge in [-0.3, -0.25) is 9.69 Å². The molecule has 0 unspecified atom stereocenters. The van der Waals surface area contributed by atoms with Crippen molar-refractivity contribution in [2.45, 2.75) is 12.8 Å². The monoisotopic (exact) mass is 324 g/mol. The van der Waals surface area contributed by atoms with E-state index in [9.17, 15) is 4.79 Å². The molecule has 1 aromatic heterocycles. The van der Waals surface area contributed by atoms with Gasteiger partial charge < -0.3 is 5.73 Å². The number of benzene rings is 1. The molecule has 4 rings (SSSR count). The fraction of sp³-hybridized carbons (Fsp3) is 0.222. The number of hydrogen-bond donors (Lipinski definition) is 1. The van der Waals surface area contributed by atoms with E-state index in [0.29, 0.717) is 11.4 Å². The summed E-state index contributed by atoms with van der Waals surface area (Å²) in [6.45, 7) is 2.14. The van der Waals surface area contributed by atoms with Crippen LogP contribution < -0.4 is 15.6 Å². The van der Waals surface area contributed by atoms with E-state index in [1.807, 2.05) is 42.5 Å². The molecule has 116 valence electrons. The normalized spacial score (nSPS) is 18.7. The number of carbonyl (C=O) groups excluding carboxylic acids is 1. The summed E-state index contributed by atoms with van der Waals surface area (Å²) in [4.78, 5) is 19.1. The number of hydrogen-bond acceptors (Lipinski definition) is 4. The number of fused-ring (bicyclic) bond motifs is 1. The van der Waals surface area contributed by atoms with Gasteiger partial charge in [-0.2, -0.15) is 0 Å². The van der Waals surface area contributed by atoms with E-state index in [2.05, 4.69) is 9.88 Å². The van der Waals surface area contributed by atoms with Gasteiger partial charge in [-0.1, -0.05) is 47.8 Å². The molecule has 4 nitrogen and oxygen atoms in total. The smallest absolute Gasteiger partial charge is 0.280 e. The van der Waals surface area contributed by atoms with Crippen LogP contribution in [0.2, 0.25) is 0 Å². The highest BCUT2D eigenvalue weighted by atomic mass is 32.1. The van der Waals surface area contributed by atoms with Crippen molar-refractivity contribution in [2.24, 2.45) is 0 Å². The summed E-state index contributed by atoms with van der Waals surface area (Å²) in [6, 6.07) is 7.67. The Labute approximate surface area is 139 Å². The van der Waals surface area contributed by atoms with Gasteiger partial charge in [-0.25, -0.2) is 4.98 Å². The van der Waals surface area contributed by atoms with Crippen LogP contribution in [0.25, 0.3) is 12.2 Å². The summed E-state index contributed by atoms with van der Waals surface area (Å²) >= 11 is 1.62. The molecule has 1 aromatic carbocycles. The van der Waals surface area contributed by atoms with Crippen LogP contribution in [0.1, 0.15) is 33.6 Å². The van der Waals surface area contributed by atoms with Crippen molar-refractivity contribution >= 4 is 40.2 Å².